The maximum atomic E-state index is 12.4. The number of thioether (sulfide) groups is 1. The molecule has 2 N–H and O–H groups in total. The van der Waals surface area contributed by atoms with Gasteiger partial charge in [0, 0.05) is 5.69 Å². The summed E-state index contributed by atoms with van der Waals surface area (Å²) in [4.78, 5) is 39.4. The van der Waals surface area contributed by atoms with E-state index in [1.54, 1.807) is 44.4 Å². The van der Waals surface area contributed by atoms with Gasteiger partial charge in [-0.05, 0) is 38.1 Å². The lowest BCUT2D eigenvalue weighted by atomic mass is 10.2. The second kappa shape index (κ2) is 7.96. The van der Waals surface area contributed by atoms with Gasteiger partial charge >= 0.3 is 5.97 Å². The third-order valence-corrected chi connectivity index (χ3v) is 4.61. The van der Waals surface area contributed by atoms with E-state index in [1.165, 1.54) is 18.1 Å². The molecular weight excluding hydrogens is 354 g/mol. The number of imidazole rings is 1. The van der Waals surface area contributed by atoms with Crippen LogP contribution in [0.4, 0.5) is 5.69 Å². The molecule has 0 aliphatic heterocycles. The Kier molecular flexibility index (Phi) is 5.47. The zero-order valence-electron chi connectivity index (χ0n) is 14.2. The number of rotatable bonds is 6. The lowest BCUT2D eigenvalue weighted by molar-refractivity contribution is -0.115. The second-order valence-electron chi connectivity index (χ2n) is 5.33. The van der Waals surface area contributed by atoms with Gasteiger partial charge in [0.2, 0.25) is 5.91 Å². The van der Waals surface area contributed by atoms with Gasteiger partial charge in [0.25, 0.3) is 0 Å². The fourth-order valence-corrected chi connectivity index (χ4v) is 3.08. The maximum Gasteiger partial charge on any atom is 0.338 e. The maximum absolute atomic E-state index is 12.4. The minimum absolute atomic E-state index is 0.176. The zero-order valence-corrected chi connectivity index (χ0v) is 15.0. The summed E-state index contributed by atoms with van der Waals surface area (Å²) in [6, 6.07) is 6.56. The number of nitrogens with one attached hydrogen (secondary N) is 2. The van der Waals surface area contributed by atoms with Crippen molar-refractivity contribution in [1.82, 2.24) is 19.9 Å². The van der Waals surface area contributed by atoms with Gasteiger partial charge in [-0.25, -0.2) is 19.7 Å². The lowest BCUT2D eigenvalue weighted by Gasteiger charge is -2.12. The van der Waals surface area contributed by atoms with Crippen molar-refractivity contribution in [2.45, 2.75) is 24.1 Å². The van der Waals surface area contributed by atoms with E-state index < -0.39 is 0 Å². The van der Waals surface area contributed by atoms with Gasteiger partial charge in [0.1, 0.15) is 16.9 Å². The van der Waals surface area contributed by atoms with E-state index in [-0.39, 0.29) is 17.1 Å². The Bertz CT molecular complexity index is 926. The molecule has 0 saturated heterocycles. The van der Waals surface area contributed by atoms with Crippen molar-refractivity contribution >= 4 is 40.5 Å². The Hall–Kier alpha value is -2.94. The van der Waals surface area contributed by atoms with E-state index in [1.807, 2.05) is 0 Å². The molecule has 3 rings (SSSR count). The number of carbonyl (C=O) groups is 2. The monoisotopic (exact) mass is 371 g/mol. The number of aromatic nitrogens is 4. The molecule has 9 heteroatoms. The first-order valence-corrected chi connectivity index (χ1v) is 8.85. The number of ether oxygens (including phenoxy) is 1. The van der Waals surface area contributed by atoms with Crippen LogP contribution in [0.1, 0.15) is 24.2 Å². The van der Waals surface area contributed by atoms with E-state index in [0.717, 1.165) is 0 Å². The zero-order chi connectivity index (χ0) is 18.5. The third kappa shape index (κ3) is 3.99. The molecule has 0 unspecified atom stereocenters. The molecule has 0 bridgehead atoms. The molecular formula is C17H17N5O3S. The average molecular weight is 371 g/mol. The highest BCUT2D eigenvalue weighted by atomic mass is 32.2. The number of fused-ring (bicyclic) bond motifs is 1. The number of hydrogen-bond acceptors (Lipinski definition) is 7. The highest BCUT2D eigenvalue weighted by Gasteiger charge is 2.18. The van der Waals surface area contributed by atoms with Crippen LogP contribution in [0.15, 0.2) is 41.9 Å². The predicted molar refractivity (Wildman–Crippen MR) is 98.0 cm³/mol. The molecule has 26 heavy (non-hydrogen) atoms. The molecule has 1 aromatic carbocycles. The highest BCUT2D eigenvalue weighted by molar-refractivity contribution is 8.00. The van der Waals surface area contributed by atoms with Crippen molar-refractivity contribution in [2.24, 2.45) is 0 Å². The van der Waals surface area contributed by atoms with Crippen LogP contribution < -0.4 is 5.32 Å². The summed E-state index contributed by atoms with van der Waals surface area (Å²) in [5, 5.41) is 3.09. The van der Waals surface area contributed by atoms with Crippen molar-refractivity contribution < 1.29 is 14.3 Å². The van der Waals surface area contributed by atoms with Crippen molar-refractivity contribution in [1.29, 1.82) is 0 Å². The average Bonchev–Trinajstić information content (AvgIpc) is 3.12. The van der Waals surface area contributed by atoms with Crippen LogP contribution in [0, 0.1) is 0 Å². The minimum atomic E-state index is -0.388. The van der Waals surface area contributed by atoms with Gasteiger partial charge in [0.15, 0.2) is 5.65 Å². The van der Waals surface area contributed by atoms with E-state index in [0.29, 0.717) is 34.0 Å². The van der Waals surface area contributed by atoms with Crippen molar-refractivity contribution in [3.05, 3.63) is 42.5 Å². The Morgan fingerprint density at radius 2 is 2.00 bits per heavy atom. The van der Waals surface area contributed by atoms with Crippen LogP contribution in [0.5, 0.6) is 0 Å². The van der Waals surface area contributed by atoms with Crippen molar-refractivity contribution in [2.75, 3.05) is 11.9 Å². The molecule has 0 aliphatic carbocycles. The fraction of sp³-hybridized carbons (Fsp3) is 0.235. The van der Waals surface area contributed by atoms with Gasteiger partial charge in [-0.1, -0.05) is 11.8 Å². The van der Waals surface area contributed by atoms with Crippen LogP contribution in [-0.4, -0.2) is 43.7 Å². The van der Waals surface area contributed by atoms with Crippen LogP contribution in [0.25, 0.3) is 11.2 Å². The standard InChI is InChI=1S/C17H17N5O3S/c1-3-25-17(24)11-4-6-12(7-5-11)22-15(23)10(2)26-16-13-14(19-8-18-13)20-9-21-16/h4-10H,3H2,1-2H3,(H,22,23)(H,18,19,20,21)/t10-/m0/s1. The number of benzene rings is 1. The molecule has 0 fully saturated rings. The summed E-state index contributed by atoms with van der Waals surface area (Å²) >= 11 is 1.31. The lowest BCUT2D eigenvalue weighted by Crippen LogP contribution is -2.22. The smallest absolute Gasteiger partial charge is 0.338 e. The molecule has 2 heterocycles. The molecule has 134 valence electrons. The normalized spacial score (nSPS) is 11.9. The fourth-order valence-electron chi connectivity index (χ4n) is 2.20. The third-order valence-electron chi connectivity index (χ3n) is 3.51. The minimum Gasteiger partial charge on any atom is -0.462 e. The summed E-state index contributed by atoms with van der Waals surface area (Å²) in [6.07, 6.45) is 2.96. The molecule has 2 aromatic heterocycles. The SMILES string of the molecule is CCOC(=O)c1ccc(NC(=O)[C@H](C)Sc2ncnc3nc[nH]c23)cc1. The Labute approximate surface area is 153 Å². The number of aromatic amines is 1. The number of esters is 1. The van der Waals surface area contributed by atoms with Crippen molar-refractivity contribution in [3.63, 3.8) is 0 Å². The highest BCUT2D eigenvalue weighted by Crippen LogP contribution is 2.26. The molecule has 0 spiro atoms. The van der Waals surface area contributed by atoms with Gasteiger partial charge in [-0.2, -0.15) is 0 Å². The number of hydrogen-bond donors (Lipinski definition) is 2. The van der Waals surface area contributed by atoms with E-state index in [2.05, 4.69) is 25.3 Å². The topological polar surface area (TPSA) is 110 Å². The van der Waals surface area contributed by atoms with Gasteiger partial charge in [-0.3, -0.25) is 4.79 Å². The molecule has 3 aromatic rings. The molecule has 8 nitrogen and oxygen atoms in total. The van der Waals surface area contributed by atoms with Crippen molar-refractivity contribution in [3.8, 4) is 0 Å². The van der Waals surface area contributed by atoms with E-state index in [9.17, 15) is 9.59 Å². The van der Waals surface area contributed by atoms with Crippen LogP contribution >= 0.6 is 11.8 Å². The first-order valence-electron chi connectivity index (χ1n) is 7.97. The largest absolute Gasteiger partial charge is 0.462 e. The quantitative estimate of drug-likeness (QED) is 0.389. The van der Waals surface area contributed by atoms with Gasteiger partial charge in [0.05, 0.1) is 23.7 Å². The number of anilines is 1. The number of amides is 1. The molecule has 0 aliphatic rings. The molecule has 0 saturated carbocycles. The summed E-state index contributed by atoms with van der Waals surface area (Å²) in [6.45, 7) is 3.86. The summed E-state index contributed by atoms with van der Waals surface area (Å²) in [5.74, 6) is -0.563. The number of carbonyl (C=O) groups excluding carboxylic acids is 2. The molecule has 1 amide bonds. The Morgan fingerprint density at radius 1 is 1.23 bits per heavy atom. The van der Waals surface area contributed by atoms with Crippen LogP contribution in [0.2, 0.25) is 0 Å². The second-order valence-corrected chi connectivity index (χ2v) is 6.66. The van der Waals surface area contributed by atoms with Crippen LogP contribution in [-0.2, 0) is 9.53 Å². The first kappa shape index (κ1) is 17.9. The Morgan fingerprint density at radius 3 is 2.73 bits per heavy atom. The summed E-state index contributed by atoms with van der Waals surface area (Å²) in [5.41, 5.74) is 2.31. The number of H-pyrrole nitrogens is 1. The van der Waals surface area contributed by atoms with E-state index >= 15 is 0 Å². The summed E-state index contributed by atoms with van der Waals surface area (Å²) < 4.78 is 4.93. The summed E-state index contributed by atoms with van der Waals surface area (Å²) in [7, 11) is 0. The Balaban J connectivity index is 1.64. The van der Waals surface area contributed by atoms with E-state index in [4.69, 9.17) is 4.74 Å². The first-order chi connectivity index (χ1) is 12.6. The number of nitrogens with zero attached hydrogens (tertiary/aromatic N) is 3. The van der Waals surface area contributed by atoms with Gasteiger partial charge < -0.3 is 15.0 Å². The molecule has 0 radical (unpaired) electrons. The van der Waals surface area contributed by atoms with Crippen LogP contribution in [0.3, 0.4) is 0 Å². The van der Waals surface area contributed by atoms with Gasteiger partial charge in [-0.15, -0.1) is 0 Å². The predicted octanol–water partition coefficient (Wildman–Crippen LogP) is 2.65. The molecule has 1 atom stereocenters.